The second kappa shape index (κ2) is 13.4. The zero-order valence-electron chi connectivity index (χ0n) is 19.4. The van der Waals surface area contributed by atoms with Crippen LogP contribution in [0.25, 0.3) is 0 Å². The number of fused-ring (bicyclic) bond motifs is 1. The number of rotatable bonds is 4. The van der Waals surface area contributed by atoms with Crippen LogP contribution in [0.4, 0.5) is 26.3 Å². The van der Waals surface area contributed by atoms with Crippen molar-refractivity contribution in [3.8, 4) is 0 Å². The highest BCUT2D eigenvalue weighted by atomic mass is 32.1. The summed E-state index contributed by atoms with van der Waals surface area (Å²) >= 11 is 1.68. The Hall–Kier alpha value is -2.46. The second-order valence-electron chi connectivity index (χ2n) is 8.68. The number of alkyl halides is 6. The lowest BCUT2D eigenvalue weighted by molar-refractivity contribution is -0.193. The average molecular weight is 564 g/mol. The molecule has 9 nitrogen and oxygen atoms in total. The predicted molar refractivity (Wildman–Crippen MR) is 117 cm³/mol. The fourth-order valence-corrected chi connectivity index (χ4v) is 5.02. The van der Waals surface area contributed by atoms with Crippen LogP contribution >= 0.6 is 11.3 Å². The van der Waals surface area contributed by atoms with Gasteiger partial charge in [-0.1, -0.05) is 12.8 Å². The van der Waals surface area contributed by atoms with Crippen LogP contribution in [-0.4, -0.2) is 82.1 Å². The lowest BCUT2D eigenvalue weighted by Gasteiger charge is -2.39. The maximum Gasteiger partial charge on any atom is 0.490 e. The maximum atomic E-state index is 12.8. The lowest BCUT2D eigenvalue weighted by Crippen LogP contribution is -2.53. The largest absolute Gasteiger partial charge is 0.490 e. The monoisotopic (exact) mass is 563 g/mol. The number of likely N-dealkylation sites (tertiary alicyclic amines) is 1. The van der Waals surface area contributed by atoms with Gasteiger partial charge in [0.25, 0.3) is 0 Å². The second-order valence-corrected chi connectivity index (χ2v) is 9.66. The van der Waals surface area contributed by atoms with E-state index in [2.05, 4.69) is 15.2 Å². The van der Waals surface area contributed by atoms with Gasteiger partial charge in [0.2, 0.25) is 5.91 Å². The Labute approximate surface area is 211 Å². The van der Waals surface area contributed by atoms with E-state index in [1.54, 1.807) is 11.3 Å². The molecule has 0 radical (unpaired) electrons. The number of amides is 1. The van der Waals surface area contributed by atoms with Gasteiger partial charge in [0.15, 0.2) is 0 Å². The number of aliphatic carboxylic acids is 2. The average Bonchev–Trinajstić information content (AvgIpc) is 3.56. The summed E-state index contributed by atoms with van der Waals surface area (Å²) in [5.74, 6) is -4.80. The zero-order valence-corrected chi connectivity index (χ0v) is 20.2. The Balaban J connectivity index is 0.000000286. The SMILES string of the molecule is O=C(NC1CCCC1)[C@@H]1CN(Cc2nccs2)C[C@H]2OCC[C@H]21.O=C(O)C(F)(F)F.O=C(O)C(F)(F)F. The van der Waals surface area contributed by atoms with Gasteiger partial charge in [-0.05, 0) is 19.3 Å². The number of nitrogens with one attached hydrogen (secondary N) is 1. The van der Waals surface area contributed by atoms with Crippen molar-refractivity contribution < 1.29 is 55.7 Å². The molecule has 37 heavy (non-hydrogen) atoms. The van der Waals surface area contributed by atoms with Gasteiger partial charge in [-0.15, -0.1) is 11.3 Å². The van der Waals surface area contributed by atoms with Crippen molar-refractivity contribution in [2.24, 2.45) is 11.8 Å². The molecule has 0 aromatic carbocycles. The summed E-state index contributed by atoms with van der Waals surface area (Å²) in [7, 11) is 0. The number of carboxylic acid groups (broad SMARTS) is 2. The molecule has 3 atom stereocenters. The highest BCUT2D eigenvalue weighted by Gasteiger charge is 2.44. The molecule has 3 aliphatic rings. The number of aromatic nitrogens is 1. The molecule has 3 N–H and O–H groups in total. The van der Waals surface area contributed by atoms with Crippen molar-refractivity contribution in [2.75, 3.05) is 19.7 Å². The van der Waals surface area contributed by atoms with E-state index in [1.807, 2.05) is 11.6 Å². The molecule has 3 fully saturated rings. The fraction of sp³-hybridized carbons (Fsp3) is 0.714. The van der Waals surface area contributed by atoms with Crippen LogP contribution in [0.1, 0.15) is 37.1 Å². The molecule has 3 heterocycles. The van der Waals surface area contributed by atoms with Crippen molar-refractivity contribution in [2.45, 2.75) is 63.1 Å². The van der Waals surface area contributed by atoms with Gasteiger partial charge >= 0.3 is 24.3 Å². The topological polar surface area (TPSA) is 129 Å². The first kappa shape index (κ1) is 30.8. The minimum absolute atomic E-state index is 0.0665. The molecule has 1 amide bonds. The van der Waals surface area contributed by atoms with Crippen molar-refractivity contribution in [1.29, 1.82) is 0 Å². The van der Waals surface area contributed by atoms with Crippen LogP contribution in [0.15, 0.2) is 11.6 Å². The molecule has 0 unspecified atom stereocenters. The van der Waals surface area contributed by atoms with E-state index in [1.165, 1.54) is 12.8 Å². The number of piperidine rings is 1. The number of hydrogen-bond donors (Lipinski definition) is 3. The summed E-state index contributed by atoms with van der Waals surface area (Å²) in [6.45, 7) is 3.39. The van der Waals surface area contributed by atoms with Crippen LogP contribution in [0, 0.1) is 11.8 Å². The van der Waals surface area contributed by atoms with Crippen LogP contribution in [0.3, 0.4) is 0 Å². The van der Waals surface area contributed by atoms with Gasteiger partial charge in [0, 0.05) is 43.2 Å². The smallest absolute Gasteiger partial charge is 0.475 e. The summed E-state index contributed by atoms with van der Waals surface area (Å²) in [6, 6.07) is 0.401. The van der Waals surface area contributed by atoms with Gasteiger partial charge in [0.05, 0.1) is 18.6 Å². The van der Waals surface area contributed by atoms with E-state index < -0.39 is 24.3 Å². The van der Waals surface area contributed by atoms with Gasteiger partial charge in [-0.2, -0.15) is 26.3 Å². The van der Waals surface area contributed by atoms with E-state index in [0.29, 0.717) is 12.0 Å². The van der Waals surface area contributed by atoms with E-state index in [-0.39, 0.29) is 17.9 Å². The number of carbonyl (C=O) groups excluding carboxylic acids is 1. The van der Waals surface area contributed by atoms with Crippen LogP contribution < -0.4 is 5.32 Å². The Morgan fingerprint density at radius 2 is 1.59 bits per heavy atom. The number of halogens is 6. The Bertz CT molecular complexity index is 868. The Morgan fingerprint density at radius 1 is 1.03 bits per heavy atom. The molecule has 1 aromatic heterocycles. The first-order valence-corrected chi connectivity index (χ1v) is 12.2. The third kappa shape index (κ3) is 10.1. The van der Waals surface area contributed by atoms with Crippen LogP contribution in [-0.2, 0) is 25.7 Å². The summed E-state index contributed by atoms with van der Waals surface area (Å²) in [5.41, 5.74) is 0. The highest BCUT2D eigenvalue weighted by Crippen LogP contribution is 2.35. The molecule has 4 rings (SSSR count). The van der Waals surface area contributed by atoms with Crippen molar-refractivity contribution in [1.82, 2.24) is 15.2 Å². The van der Waals surface area contributed by atoms with Gasteiger partial charge in [0.1, 0.15) is 5.01 Å². The molecule has 1 saturated carbocycles. The number of nitrogens with zero attached hydrogens (tertiary/aromatic N) is 2. The van der Waals surface area contributed by atoms with Crippen LogP contribution in [0.5, 0.6) is 0 Å². The molecule has 2 aliphatic heterocycles. The van der Waals surface area contributed by atoms with E-state index in [9.17, 15) is 31.1 Å². The molecule has 0 spiro atoms. The quantitative estimate of drug-likeness (QED) is 0.476. The third-order valence-electron chi connectivity index (χ3n) is 6.04. The summed E-state index contributed by atoms with van der Waals surface area (Å²) in [5, 5.41) is 20.7. The molecular formula is C21H27F6N3O6S. The molecule has 16 heteroatoms. The van der Waals surface area contributed by atoms with Crippen molar-refractivity contribution in [3.05, 3.63) is 16.6 Å². The minimum atomic E-state index is -5.08. The van der Waals surface area contributed by atoms with E-state index in [0.717, 1.165) is 50.5 Å². The van der Waals surface area contributed by atoms with Gasteiger partial charge < -0.3 is 20.3 Å². The number of carbonyl (C=O) groups is 3. The molecule has 2 saturated heterocycles. The fourth-order valence-electron chi connectivity index (χ4n) is 4.36. The number of hydrogen-bond acceptors (Lipinski definition) is 7. The maximum absolute atomic E-state index is 12.8. The zero-order chi connectivity index (χ0) is 27.8. The molecular weight excluding hydrogens is 536 g/mol. The van der Waals surface area contributed by atoms with Gasteiger partial charge in [-0.3, -0.25) is 9.69 Å². The lowest BCUT2D eigenvalue weighted by atomic mass is 9.82. The van der Waals surface area contributed by atoms with Crippen molar-refractivity contribution in [3.63, 3.8) is 0 Å². The van der Waals surface area contributed by atoms with Gasteiger partial charge in [-0.25, -0.2) is 14.6 Å². The third-order valence-corrected chi connectivity index (χ3v) is 6.80. The standard InChI is InChI=1S/C17H25N3O2S.2C2HF3O2/c21-17(19-12-3-1-2-4-12)14-9-20(11-16-18-6-8-23-16)10-15-13(14)5-7-22-15;2*3-2(4,5)1(6)7/h6,8,12-15H,1-5,7,9-11H2,(H,19,21);2*(H,6,7)/t13-,14+,15+;;/m0../s1. The molecule has 210 valence electrons. The number of thiazole rings is 1. The van der Waals surface area contributed by atoms with Crippen LogP contribution in [0.2, 0.25) is 0 Å². The first-order valence-electron chi connectivity index (χ1n) is 11.3. The predicted octanol–water partition coefficient (Wildman–Crippen LogP) is 3.31. The Morgan fingerprint density at radius 3 is 2.08 bits per heavy atom. The summed E-state index contributed by atoms with van der Waals surface area (Å²) in [6.07, 6.45) is -2.29. The highest BCUT2D eigenvalue weighted by molar-refractivity contribution is 7.09. The molecule has 0 bridgehead atoms. The molecule has 1 aromatic rings. The molecule has 1 aliphatic carbocycles. The Kier molecular flexibility index (Phi) is 11.1. The minimum Gasteiger partial charge on any atom is -0.475 e. The normalized spacial score (nSPS) is 24.2. The number of carboxylic acids is 2. The van der Waals surface area contributed by atoms with E-state index in [4.69, 9.17) is 24.5 Å². The summed E-state index contributed by atoms with van der Waals surface area (Å²) < 4.78 is 69.4. The first-order chi connectivity index (χ1) is 17.2. The number of ether oxygens (including phenoxy) is 1. The summed E-state index contributed by atoms with van der Waals surface area (Å²) in [4.78, 5) is 37.4. The van der Waals surface area contributed by atoms with Crippen molar-refractivity contribution >= 4 is 29.2 Å². The van der Waals surface area contributed by atoms with E-state index >= 15 is 0 Å².